The van der Waals surface area contributed by atoms with E-state index in [0.29, 0.717) is 5.75 Å². The van der Waals surface area contributed by atoms with E-state index in [-0.39, 0.29) is 25.0 Å². The lowest BCUT2D eigenvalue weighted by molar-refractivity contribution is -0.308. The van der Waals surface area contributed by atoms with Gasteiger partial charge in [0.2, 0.25) is 0 Å². The molecule has 0 spiro atoms. The molecular weight excluding hydrogens is 556 g/mol. The molecule has 1 saturated heterocycles. The van der Waals surface area contributed by atoms with E-state index in [2.05, 4.69) is 0 Å². The molecule has 13 nitrogen and oxygen atoms in total. The van der Waals surface area contributed by atoms with Gasteiger partial charge in [0.25, 0.3) is 0 Å². The van der Waals surface area contributed by atoms with E-state index in [1.807, 2.05) is 45.9 Å². The third-order valence-corrected chi connectivity index (χ3v) is 6.04. The van der Waals surface area contributed by atoms with Crippen LogP contribution in [0.3, 0.4) is 0 Å². The summed E-state index contributed by atoms with van der Waals surface area (Å²) in [6.45, 7) is 11.5. The molecule has 1 aliphatic rings. The Morgan fingerprint density at radius 2 is 1.24 bits per heavy atom. The molecule has 13 heteroatoms. The Hall–Kier alpha value is -3.71. The molecule has 1 fully saturated rings. The fourth-order valence-corrected chi connectivity index (χ4v) is 4.33. The number of hydrogen-bond donors (Lipinski definition) is 0. The Labute approximate surface area is 245 Å². The van der Waals surface area contributed by atoms with Crippen molar-refractivity contribution in [1.29, 1.82) is 0 Å². The predicted molar refractivity (Wildman–Crippen MR) is 145 cm³/mol. The molecule has 0 bridgehead atoms. The maximum Gasteiger partial charge on any atom is 0.513 e. The smallest absolute Gasteiger partial charge is 0.463 e. The van der Waals surface area contributed by atoms with Crippen molar-refractivity contribution in [3.05, 3.63) is 29.3 Å². The highest BCUT2D eigenvalue weighted by Crippen LogP contribution is 2.35. The lowest BCUT2D eigenvalue weighted by atomic mass is 9.94. The van der Waals surface area contributed by atoms with Gasteiger partial charge >= 0.3 is 30.0 Å². The molecule has 1 aromatic carbocycles. The molecule has 2 unspecified atom stereocenters. The van der Waals surface area contributed by atoms with Crippen LogP contribution in [0, 0.1) is 0 Å². The van der Waals surface area contributed by atoms with Gasteiger partial charge in [-0.1, -0.05) is 45.9 Å². The highest BCUT2D eigenvalue weighted by molar-refractivity contribution is 5.69. The second-order valence-electron chi connectivity index (χ2n) is 10.2. The van der Waals surface area contributed by atoms with Crippen molar-refractivity contribution in [2.75, 3.05) is 19.8 Å². The summed E-state index contributed by atoms with van der Waals surface area (Å²) >= 11 is 0. The Balaban J connectivity index is 2.18. The van der Waals surface area contributed by atoms with Crippen molar-refractivity contribution in [1.82, 2.24) is 0 Å². The van der Waals surface area contributed by atoms with E-state index in [9.17, 15) is 24.0 Å². The number of carbonyl (C=O) groups is 5. The maximum absolute atomic E-state index is 12.6. The number of ether oxygens (including phenoxy) is 8. The van der Waals surface area contributed by atoms with Gasteiger partial charge in [-0.15, -0.1) is 0 Å². The third-order valence-electron chi connectivity index (χ3n) is 6.04. The van der Waals surface area contributed by atoms with Crippen LogP contribution in [-0.2, 0) is 52.3 Å². The Bertz CT molecular complexity index is 1090. The fourth-order valence-electron chi connectivity index (χ4n) is 4.33. The quantitative estimate of drug-likeness (QED) is 0.149. The maximum atomic E-state index is 12.6. The summed E-state index contributed by atoms with van der Waals surface area (Å²) in [5.74, 6) is -2.30. The van der Waals surface area contributed by atoms with Crippen molar-refractivity contribution in [2.24, 2.45) is 0 Å². The molecule has 1 heterocycles. The molecule has 5 atom stereocenters. The van der Waals surface area contributed by atoms with Crippen LogP contribution in [0.4, 0.5) is 4.79 Å². The van der Waals surface area contributed by atoms with Gasteiger partial charge in [0, 0.05) is 27.7 Å². The van der Waals surface area contributed by atoms with Crippen LogP contribution >= 0.6 is 0 Å². The van der Waals surface area contributed by atoms with Crippen LogP contribution in [0.25, 0.3) is 0 Å². The summed E-state index contributed by atoms with van der Waals surface area (Å²) in [7, 11) is 0. The zero-order chi connectivity index (χ0) is 31.6. The van der Waals surface area contributed by atoms with E-state index >= 15 is 0 Å². The number of hydrogen-bond acceptors (Lipinski definition) is 13. The van der Waals surface area contributed by atoms with Crippen molar-refractivity contribution < 1.29 is 61.9 Å². The van der Waals surface area contributed by atoms with E-state index < -0.39 is 67.3 Å². The summed E-state index contributed by atoms with van der Waals surface area (Å²) < 4.78 is 43.4. The molecule has 0 amide bonds. The first kappa shape index (κ1) is 34.5. The average Bonchev–Trinajstić information content (AvgIpc) is 2.87. The molecular formula is C29H40O13. The number of carbonyl (C=O) groups excluding carboxylic acids is 5. The highest BCUT2D eigenvalue weighted by atomic mass is 16.8. The van der Waals surface area contributed by atoms with Crippen molar-refractivity contribution >= 4 is 30.0 Å². The fraction of sp³-hybridized carbons (Fsp3) is 0.621. The van der Waals surface area contributed by atoms with Crippen LogP contribution < -0.4 is 4.74 Å². The Morgan fingerprint density at radius 1 is 0.714 bits per heavy atom. The SMILES string of the molecule is CC(=O)OCC1O[C@H](OCCOC(=O)Oc2c(C(C)C)cccc2C(C)C)[C@H](OC(C)=O)C(OC(C)=O)[C@@H]1OC(C)=O. The molecule has 0 radical (unpaired) electrons. The second-order valence-corrected chi connectivity index (χ2v) is 10.2. The van der Waals surface area contributed by atoms with Crippen LogP contribution in [0.5, 0.6) is 5.75 Å². The second kappa shape index (κ2) is 16.1. The van der Waals surface area contributed by atoms with Crippen molar-refractivity contribution in [2.45, 2.75) is 97.9 Å². The molecule has 1 aliphatic heterocycles. The van der Waals surface area contributed by atoms with Crippen LogP contribution in [0.1, 0.15) is 78.4 Å². The molecule has 0 aliphatic carbocycles. The minimum absolute atomic E-state index is 0.0948. The monoisotopic (exact) mass is 596 g/mol. The van der Waals surface area contributed by atoms with Crippen molar-refractivity contribution in [3.8, 4) is 5.75 Å². The predicted octanol–water partition coefficient (Wildman–Crippen LogP) is 3.55. The van der Waals surface area contributed by atoms with Gasteiger partial charge in [0.1, 0.15) is 25.1 Å². The van der Waals surface area contributed by atoms with Gasteiger partial charge in [-0.3, -0.25) is 19.2 Å². The van der Waals surface area contributed by atoms with Crippen LogP contribution in [-0.4, -0.2) is 80.6 Å². The number of para-hydroxylation sites is 1. The van der Waals surface area contributed by atoms with Crippen LogP contribution in [0.15, 0.2) is 18.2 Å². The number of benzene rings is 1. The first-order valence-corrected chi connectivity index (χ1v) is 13.6. The molecule has 0 N–H and O–H groups in total. The minimum atomic E-state index is -1.39. The van der Waals surface area contributed by atoms with E-state index in [0.717, 1.165) is 31.9 Å². The lowest BCUT2D eigenvalue weighted by Crippen LogP contribution is -2.63. The van der Waals surface area contributed by atoms with Gasteiger partial charge in [0.05, 0.1) is 6.61 Å². The van der Waals surface area contributed by atoms with Gasteiger partial charge in [-0.2, -0.15) is 0 Å². The van der Waals surface area contributed by atoms with Gasteiger partial charge in [0.15, 0.2) is 24.6 Å². The first-order valence-electron chi connectivity index (χ1n) is 13.6. The molecule has 0 aromatic heterocycles. The lowest BCUT2D eigenvalue weighted by Gasteiger charge is -2.44. The molecule has 0 saturated carbocycles. The summed E-state index contributed by atoms with van der Waals surface area (Å²) in [6, 6.07) is 5.67. The Morgan fingerprint density at radius 3 is 1.74 bits per heavy atom. The molecule has 42 heavy (non-hydrogen) atoms. The van der Waals surface area contributed by atoms with Crippen LogP contribution in [0.2, 0.25) is 0 Å². The first-order chi connectivity index (χ1) is 19.7. The average molecular weight is 597 g/mol. The molecule has 1 aromatic rings. The zero-order valence-corrected chi connectivity index (χ0v) is 25.2. The van der Waals surface area contributed by atoms with Gasteiger partial charge in [-0.25, -0.2) is 4.79 Å². The Kier molecular flexibility index (Phi) is 13.2. The zero-order valence-electron chi connectivity index (χ0n) is 25.2. The van der Waals surface area contributed by atoms with Gasteiger partial charge in [-0.05, 0) is 23.0 Å². The van der Waals surface area contributed by atoms with Crippen molar-refractivity contribution in [3.63, 3.8) is 0 Å². The molecule has 2 rings (SSSR count). The van der Waals surface area contributed by atoms with E-state index in [1.165, 1.54) is 6.92 Å². The van der Waals surface area contributed by atoms with E-state index in [1.54, 1.807) is 0 Å². The number of esters is 4. The normalized spacial score (nSPS) is 21.8. The standard InChI is InChI=1S/C29H40O13/c1-15(2)21-10-9-11-22(16(3)4)24(21)42-29(34)36-13-12-35-28-27(40-20(8)33)26(39-19(7)32)25(38-18(6)31)23(41-28)14-37-17(5)30/h9-11,15-16,23,25-28H,12-14H2,1-8H3/t23?,25-,26?,27-,28+/m1/s1. The third kappa shape index (κ3) is 10.3. The molecule has 234 valence electrons. The topological polar surface area (TPSA) is 159 Å². The summed E-state index contributed by atoms with van der Waals surface area (Å²) in [4.78, 5) is 59.7. The summed E-state index contributed by atoms with van der Waals surface area (Å²) in [5.41, 5.74) is 1.71. The summed E-state index contributed by atoms with van der Waals surface area (Å²) in [5, 5.41) is 0. The largest absolute Gasteiger partial charge is 0.513 e. The van der Waals surface area contributed by atoms with E-state index in [4.69, 9.17) is 37.9 Å². The highest BCUT2D eigenvalue weighted by Gasteiger charge is 2.52. The minimum Gasteiger partial charge on any atom is -0.463 e. The number of rotatable bonds is 12. The van der Waals surface area contributed by atoms with Gasteiger partial charge < -0.3 is 37.9 Å². The summed E-state index contributed by atoms with van der Waals surface area (Å²) in [6.07, 6.45) is -7.57.